The van der Waals surface area contributed by atoms with Crippen molar-refractivity contribution >= 4 is 17.3 Å². The van der Waals surface area contributed by atoms with Crippen molar-refractivity contribution in [3.05, 3.63) is 92.6 Å². The van der Waals surface area contributed by atoms with E-state index >= 15 is 0 Å². The topological polar surface area (TPSA) is 47.2 Å². The number of rotatable bonds is 1. The first-order valence-corrected chi connectivity index (χ1v) is 8.94. The van der Waals surface area contributed by atoms with Gasteiger partial charge in [0.15, 0.2) is 0 Å². The summed E-state index contributed by atoms with van der Waals surface area (Å²) in [5.74, 6) is 0.724. The van der Waals surface area contributed by atoms with Crippen LogP contribution in [-0.4, -0.2) is 21.3 Å². The number of aliphatic imine (C=N–C) groups is 1. The van der Waals surface area contributed by atoms with E-state index in [0.717, 1.165) is 34.0 Å². The SMILES string of the molecule is Cc1cc(=O)n2c(n1)CC(C)N=C(c1ccccc1)c1cc(Cl)ccc1-2. The maximum absolute atomic E-state index is 12.8. The average molecular weight is 364 g/mol. The molecule has 26 heavy (non-hydrogen) atoms. The lowest BCUT2D eigenvalue weighted by Gasteiger charge is -2.22. The molecule has 5 heteroatoms. The van der Waals surface area contributed by atoms with Crippen LogP contribution in [0.4, 0.5) is 0 Å². The summed E-state index contributed by atoms with van der Waals surface area (Å²) in [5.41, 5.74) is 4.07. The number of halogens is 1. The van der Waals surface area contributed by atoms with Crippen LogP contribution in [0.2, 0.25) is 5.02 Å². The fraction of sp³-hybridized carbons (Fsp3) is 0.190. The minimum atomic E-state index is -0.0856. The molecule has 0 radical (unpaired) electrons. The summed E-state index contributed by atoms with van der Waals surface area (Å²) in [6, 6.07) is 17.1. The van der Waals surface area contributed by atoms with Gasteiger partial charge in [-0.15, -0.1) is 0 Å². The van der Waals surface area contributed by atoms with Gasteiger partial charge in [0.2, 0.25) is 0 Å². The Hall–Kier alpha value is -2.72. The Bertz CT molecular complexity index is 1070. The molecule has 0 saturated heterocycles. The fourth-order valence-electron chi connectivity index (χ4n) is 3.37. The van der Waals surface area contributed by atoms with Crippen LogP contribution < -0.4 is 5.56 Å². The zero-order chi connectivity index (χ0) is 18.3. The van der Waals surface area contributed by atoms with Gasteiger partial charge in [0.1, 0.15) is 5.82 Å². The number of aryl methyl sites for hydroxylation is 1. The molecule has 2 aromatic carbocycles. The van der Waals surface area contributed by atoms with Gasteiger partial charge in [-0.3, -0.25) is 14.4 Å². The summed E-state index contributed by atoms with van der Waals surface area (Å²) in [6.45, 7) is 3.88. The summed E-state index contributed by atoms with van der Waals surface area (Å²) in [5, 5.41) is 0.607. The van der Waals surface area contributed by atoms with E-state index in [-0.39, 0.29) is 11.6 Å². The zero-order valence-electron chi connectivity index (χ0n) is 14.6. The van der Waals surface area contributed by atoms with Gasteiger partial charge in [-0.1, -0.05) is 41.9 Å². The summed E-state index contributed by atoms with van der Waals surface area (Å²) in [4.78, 5) is 22.4. The van der Waals surface area contributed by atoms with Crippen LogP contribution in [0, 0.1) is 6.92 Å². The molecule has 1 aliphatic heterocycles. The summed E-state index contributed by atoms with van der Waals surface area (Å²) >= 11 is 6.29. The largest absolute Gasteiger partial charge is 0.281 e. The van der Waals surface area contributed by atoms with E-state index in [0.29, 0.717) is 11.4 Å². The first-order valence-electron chi connectivity index (χ1n) is 8.56. The third kappa shape index (κ3) is 2.97. The van der Waals surface area contributed by atoms with Crippen LogP contribution in [0.3, 0.4) is 0 Å². The number of fused-ring (bicyclic) bond motifs is 3. The number of hydrogen-bond donors (Lipinski definition) is 0. The lowest BCUT2D eigenvalue weighted by Crippen LogP contribution is -2.29. The maximum Gasteiger partial charge on any atom is 0.258 e. The highest BCUT2D eigenvalue weighted by Crippen LogP contribution is 2.26. The molecule has 1 aliphatic rings. The second kappa shape index (κ2) is 6.54. The van der Waals surface area contributed by atoms with Gasteiger partial charge in [0, 0.05) is 34.3 Å². The Morgan fingerprint density at radius 3 is 2.65 bits per heavy atom. The molecule has 0 fully saturated rings. The molecule has 2 heterocycles. The van der Waals surface area contributed by atoms with Gasteiger partial charge >= 0.3 is 0 Å². The molecule has 0 spiro atoms. The van der Waals surface area contributed by atoms with Gasteiger partial charge < -0.3 is 0 Å². The highest BCUT2D eigenvalue weighted by atomic mass is 35.5. The fourth-order valence-corrected chi connectivity index (χ4v) is 3.54. The molecule has 130 valence electrons. The molecule has 0 N–H and O–H groups in total. The van der Waals surface area contributed by atoms with Gasteiger partial charge in [-0.25, -0.2) is 4.98 Å². The lowest BCUT2D eigenvalue weighted by atomic mass is 9.98. The van der Waals surface area contributed by atoms with Crippen molar-refractivity contribution in [2.24, 2.45) is 4.99 Å². The molecule has 3 aromatic rings. The predicted molar refractivity (Wildman–Crippen MR) is 105 cm³/mol. The summed E-state index contributed by atoms with van der Waals surface area (Å²) < 4.78 is 1.69. The molecule has 1 atom stereocenters. The van der Waals surface area contributed by atoms with E-state index in [9.17, 15) is 4.79 Å². The summed E-state index contributed by atoms with van der Waals surface area (Å²) in [6.07, 6.45) is 0.593. The highest BCUT2D eigenvalue weighted by Gasteiger charge is 2.22. The first kappa shape index (κ1) is 16.7. The molecule has 4 nitrogen and oxygen atoms in total. The van der Waals surface area contributed by atoms with Crippen LogP contribution in [0.1, 0.15) is 29.6 Å². The monoisotopic (exact) mass is 363 g/mol. The van der Waals surface area contributed by atoms with E-state index in [1.165, 1.54) is 0 Å². The average Bonchev–Trinajstić information content (AvgIpc) is 2.60. The molecule has 4 rings (SSSR count). The van der Waals surface area contributed by atoms with E-state index in [1.807, 2.05) is 56.3 Å². The number of hydrogen-bond acceptors (Lipinski definition) is 3. The van der Waals surface area contributed by atoms with E-state index in [2.05, 4.69) is 4.98 Å². The Morgan fingerprint density at radius 1 is 1.12 bits per heavy atom. The normalized spacial score (nSPS) is 16.1. The van der Waals surface area contributed by atoms with Crippen molar-refractivity contribution in [2.45, 2.75) is 26.3 Å². The maximum atomic E-state index is 12.8. The number of nitrogens with zero attached hydrogens (tertiary/aromatic N) is 3. The van der Waals surface area contributed by atoms with Crippen molar-refractivity contribution in [1.82, 2.24) is 9.55 Å². The van der Waals surface area contributed by atoms with Crippen LogP contribution in [0.5, 0.6) is 0 Å². The molecular weight excluding hydrogens is 346 g/mol. The summed E-state index contributed by atoms with van der Waals surface area (Å²) in [7, 11) is 0. The molecule has 1 unspecified atom stereocenters. The Balaban J connectivity index is 2.07. The molecule has 0 aliphatic carbocycles. The van der Waals surface area contributed by atoms with Crippen LogP contribution in [0.15, 0.2) is 64.4 Å². The minimum absolute atomic E-state index is 0.0164. The van der Waals surface area contributed by atoms with E-state index < -0.39 is 0 Å². The van der Waals surface area contributed by atoms with Gasteiger partial charge in [-0.05, 0) is 32.0 Å². The van der Waals surface area contributed by atoms with Crippen molar-refractivity contribution in [2.75, 3.05) is 0 Å². The van der Waals surface area contributed by atoms with Gasteiger partial charge in [0.25, 0.3) is 5.56 Å². The molecule has 0 saturated carbocycles. The third-order valence-corrected chi connectivity index (χ3v) is 4.68. The molecule has 0 amide bonds. The van der Waals surface area contributed by atoms with E-state index in [1.54, 1.807) is 16.7 Å². The van der Waals surface area contributed by atoms with Crippen LogP contribution >= 0.6 is 11.6 Å². The quantitative estimate of drug-likeness (QED) is 0.656. The minimum Gasteiger partial charge on any atom is -0.281 e. The Labute approximate surface area is 156 Å². The third-order valence-electron chi connectivity index (χ3n) is 4.45. The Kier molecular flexibility index (Phi) is 4.21. The predicted octanol–water partition coefficient (Wildman–Crippen LogP) is 3.98. The van der Waals surface area contributed by atoms with E-state index in [4.69, 9.17) is 16.6 Å². The van der Waals surface area contributed by atoms with Crippen LogP contribution in [-0.2, 0) is 6.42 Å². The van der Waals surface area contributed by atoms with Crippen molar-refractivity contribution < 1.29 is 0 Å². The van der Waals surface area contributed by atoms with Gasteiger partial charge in [-0.2, -0.15) is 0 Å². The van der Waals surface area contributed by atoms with Crippen molar-refractivity contribution in [1.29, 1.82) is 0 Å². The molecule has 1 aromatic heterocycles. The standard InChI is InChI=1S/C21H18ClN3O/c1-13-10-19-23-14(2)11-20(26)25(19)18-9-8-16(22)12-17(18)21(24-13)15-6-4-3-5-7-15/h3-9,11-13H,10H2,1-2H3. The van der Waals surface area contributed by atoms with Gasteiger partial charge in [0.05, 0.1) is 17.4 Å². The van der Waals surface area contributed by atoms with Crippen molar-refractivity contribution in [3.63, 3.8) is 0 Å². The first-order chi connectivity index (χ1) is 12.5. The van der Waals surface area contributed by atoms with Crippen LogP contribution in [0.25, 0.3) is 5.69 Å². The second-order valence-corrected chi connectivity index (χ2v) is 6.98. The molecular formula is C21H18ClN3O. The Morgan fingerprint density at radius 2 is 1.88 bits per heavy atom. The molecule has 0 bridgehead atoms. The number of aromatic nitrogens is 2. The number of benzene rings is 2. The second-order valence-electron chi connectivity index (χ2n) is 6.55. The van der Waals surface area contributed by atoms with Crippen molar-refractivity contribution in [3.8, 4) is 5.69 Å². The zero-order valence-corrected chi connectivity index (χ0v) is 15.4. The lowest BCUT2D eigenvalue weighted by molar-refractivity contribution is 0.665. The smallest absolute Gasteiger partial charge is 0.258 e. The highest BCUT2D eigenvalue weighted by molar-refractivity contribution is 6.31.